The zero-order valence-electron chi connectivity index (χ0n) is 18.9. The number of fused-ring (bicyclic) bond motifs is 1. The van der Waals surface area contributed by atoms with Gasteiger partial charge in [0.1, 0.15) is 5.65 Å². The van der Waals surface area contributed by atoms with Crippen LogP contribution in [0, 0.1) is 26.2 Å². The van der Waals surface area contributed by atoms with E-state index in [2.05, 4.69) is 39.6 Å². The van der Waals surface area contributed by atoms with Gasteiger partial charge in [0, 0.05) is 21.8 Å². The van der Waals surface area contributed by atoms with Crippen molar-refractivity contribution in [2.75, 3.05) is 7.11 Å². The normalized spacial score (nSPS) is 12.9. The van der Waals surface area contributed by atoms with Crippen LogP contribution in [-0.2, 0) is 9.53 Å². The molecule has 0 radical (unpaired) electrons. The number of hydrogen-bond acceptors (Lipinski definition) is 3. The van der Waals surface area contributed by atoms with Crippen molar-refractivity contribution in [2.24, 2.45) is 5.41 Å². The lowest BCUT2D eigenvalue weighted by molar-refractivity contribution is -0.142. The molecule has 0 aliphatic heterocycles. The second-order valence-electron chi connectivity index (χ2n) is 9.27. The SMILES string of the molecule is COC(=O)C(CCC(C)(C)C)c1c(C)nc2[nH]c(C)c(C)c2c1-c1ccc(Cl)cc1. The van der Waals surface area contributed by atoms with Crippen LogP contribution in [0.1, 0.15) is 62.0 Å². The molecule has 1 N–H and O–H groups in total. The predicted octanol–water partition coefficient (Wildman–Crippen LogP) is 6.89. The number of aromatic nitrogens is 2. The molecule has 5 heteroatoms. The van der Waals surface area contributed by atoms with Gasteiger partial charge in [-0.15, -0.1) is 0 Å². The number of methoxy groups -OCH3 is 1. The molecule has 2 heterocycles. The number of H-pyrrole nitrogens is 1. The Balaban J connectivity index is 2.34. The number of halogens is 1. The van der Waals surface area contributed by atoms with Crippen molar-refractivity contribution in [1.29, 1.82) is 0 Å². The Labute approximate surface area is 184 Å². The summed E-state index contributed by atoms with van der Waals surface area (Å²) in [7, 11) is 1.46. The third-order valence-corrected chi connectivity index (χ3v) is 6.07. The summed E-state index contributed by atoms with van der Waals surface area (Å²) in [5.41, 5.74) is 7.03. The predicted molar refractivity (Wildman–Crippen MR) is 124 cm³/mol. The van der Waals surface area contributed by atoms with Crippen LogP contribution < -0.4 is 0 Å². The molecule has 0 aliphatic carbocycles. The Kier molecular flexibility index (Phi) is 6.28. The minimum absolute atomic E-state index is 0.110. The number of nitrogens with one attached hydrogen (secondary N) is 1. The fraction of sp³-hybridized carbons (Fsp3) is 0.440. The van der Waals surface area contributed by atoms with Crippen LogP contribution in [-0.4, -0.2) is 23.0 Å². The molecule has 2 aromatic heterocycles. The number of pyridine rings is 1. The molecule has 30 heavy (non-hydrogen) atoms. The van der Waals surface area contributed by atoms with E-state index in [0.29, 0.717) is 11.4 Å². The number of hydrogen-bond donors (Lipinski definition) is 1. The molecule has 0 spiro atoms. The van der Waals surface area contributed by atoms with Gasteiger partial charge in [-0.05, 0) is 73.4 Å². The molecular weight excluding hydrogens is 396 g/mol. The molecule has 3 rings (SSSR count). The molecule has 3 aromatic rings. The van der Waals surface area contributed by atoms with Crippen molar-refractivity contribution >= 4 is 28.6 Å². The highest BCUT2D eigenvalue weighted by atomic mass is 35.5. The van der Waals surface area contributed by atoms with Crippen molar-refractivity contribution in [3.63, 3.8) is 0 Å². The van der Waals surface area contributed by atoms with Gasteiger partial charge in [0.2, 0.25) is 0 Å². The maximum atomic E-state index is 13.0. The van der Waals surface area contributed by atoms with Gasteiger partial charge < -0.3 is 9.72 Å². The van der Waals surface area contributed by atoms with Crippen LogP contribution in [0.25, 0.3) is 22.2 Å². The fourth-order valence-corrected chi connectivity index (χ4v) is 4.20. The largest absolute Gasteiger partial charge is 0.469 e. The van der Waals surface area contributed by atoms with Crippen molar-refractivity contribution < 1.29 is 9.53 Å². The number of esters is 1. The smallest absolute Gasteiger partial charge is 0.313 e. The van der Waals surface area contributed by atoms with Crippen LogP contribution >= 0.6 is 11.6 Å². The molecule has 0 saturated heterocycles. The van der Waals surface area contributed by atoms with Crippen LogP contribution in [0.2, 0.25) is 5.02 Å². The average Bonchev–Trinajstić information content (AvgIpc) is 2.95. The highest BCUT2D eigenvalue weighted by Crippen LogP contribution is 2.42. The van der Waals surface area contributed by atoms with E-state index in [1.54, 1.807) is 0 Å². The van der Waals surface area contributed by atoms with Crippen LogP contribution in [0.3, 0.4) is 0 Å². The summed E-state index contributed by atoms with van der Waals surface area (Å²) in [4.78, 5) is 21.2. The Hall–Kier alpha value is -2.33. The number of aryl methyl sites for hydroxylation is 3. The van der Waals surface area contributed by atoms with Crippen molar-refractivity contribution in [2.45, 2.75) is 60.3 Å². The zero-order valence-corrected chi connectivity index (χ0v) is 19.7. The highest BCUT2D eigenvalue weighted by molar-refractivity contribution is 6.30. The number of carbonyl (C=O) groups excluding carboxylic acids is 1. The number of rotatable bonds is 5. The molecule has 0 fully saturated rings. The third kappa shape index (κ3) is 4.39. The summed E-state index contributed by atoms with van der Waals surface area (Å²) in [6.07, 6.45) is 1.60. The summed E-state index contributed by atoms with van der Waals surface area (Å²) in [5, 5.41) is 1.74. The van der Waals surface area contributed by atoms with E-state index in [0.717, 1.165) is 51.1 Å². The highest BCUT2D eigenvalue weighted by Gasteiger charge is 2.31. The van der Waals surface area contributed by atoms with Gasteiger partial charge in [-0.3, -0.25) is 4.79 Å². The molecule has 0 bridgehead atoms. The molecule has 0 aliphatic rings. The zero-order chi connectivity index (χ0) is 22.2. The standard InChI is InChI=1S/C25H31ClN2O2/c1-14-15(2)27-23-20(14)22(17-8-10-18(26)11-9-17)21(16(3)28-23)19(24(29)30-7)12-13-25(4,5)6/h8-11,19H,12-13H2,1-7H3,(H,27,28). The van der Waals surface area contributed by atoms with E-state index in [9.17, 15) is 4.79 Å². The molecular formula is C25H31ClN2O2. The molecule has 0 saturated carbocycles. The van der Waals surface area contributed by atoms with E-state index in [1.165, 1.54) is 7.11 Å². The van der Waals surface area contributed by atoms with Gasteiger partial charge in [-0.25, -0.2) is 4.98 Å². The first kappa shape index (κ1) is 22.4. The average molecular weight is 427 g/mol. The molecule has 160 valence electrons. The van der Waals surface area contributed by atoms with E-state index < -0.39 is 0 Å². The Morgan fingerprint density at radius 1 is 1.17 bits per heavy atom. The topological polar surface area (TPSA) is 55.0 Å². The molecule has 1 unspecified atom stereocenters. The van der Waals surface area contributed by atoms with Gasteiger partial charge in [-0.2, -0.15) is 0 Å². The summed E-state index contributed by atoms with van der Waals surface area (Å²) in [6.45, 7) is 12.7. The first-order valence-corrected chi connectivity index (χ1v) is 10.7. The monoisotopic (exact) mass is 426 g/mol. The Morgan fingerprint density at radius 2 is 1.80 bits per heavy atom. The second kappa shape index (κ2) is 8.43. The van der Waals surface area contributed by atoms with Crippen LogP contribution in [0.5, 0.6) is 0 Å². The Bertz CT molecular complexity index is 1080. The number of aromatic amines is 1. The lowest BCUT2D eigenvalue weighted by Gasteiger charge is -2.25. The number of nitrogens with zero attached hydrogens (tertiary/aromatic N) is 1. The van der Waals surface area contributed by atoms with E-state index in [-0.39, 0.29) is 17.3 Å². The third-order valence-electron chi connectivity index (χ3n) is 5.82. The summed E-state index contributed by atoms with van der Waals surface area (Å²) < 4.78 is 5.25. The summed E-state index contributed by atoms with van der Waals surface area (Å²) >= 11 is 6.17. The quantitative estimate of drug-likeness (QED) is 0.452. The molecule has 4 nitrogen and oxygen atoms in total. The first-order valence-electron chi connectivity index (χ1n) is 10.4. The van der Waals surface area contributed by atoms with Gasteiger partial charge in [0.25, 0.3) is 0 Å². The lowest BCUT2D eigenvalue weighted by Crippen LogP contribution is -2.19. The minimum atomic E-state index is -0.383. The minimum Gasteiger partial charge on any atom is -0.469 e. The number of carbonyl (C=O) groups is 1. The number of ether oxygens (including phenoxy) is 1. The summed E-state index contributed by atoms with van der Waals surface area (Å²) in [5.74, 6) is -0.602. The van der Waals surface area contributed by atoms with E-state index in [4.69, 9.17) is 21.3 Å². The lowest BCUT2D eigenvalue weighted by atomic mass is 9.80. The van der Waals surface area contributed by atoms with Crippen LogP contribution in [0.4, 0.5) is 0 Å². The first-order chi connectivity index (χ1) is 14.0. The molecule has 1 aromatic carbocycles. The molecule has 1 atom stereocenters. The van der Waals surface area contributed by atoms with E-state index in [1.807, 2.05) is 31.2 Å². The maximum absolute atomic E-state index is 13.0. The van der Waals surface area contributed by atoms with Gasteiger partial charge >= 0.3 is 5.97 Å². The maximum Gasteiger partial charge on any atom is 0.313 e. The van der Waals surface area contributed by atoms with Crippen LogP contribution in [0.15, 0.2) is 24.3 Å². The van der Waals surface area contributed by atoms with Crippen molar-refractivity contribution in [3.8, 4) is 11.1 Å². The number of benzene rings is 1. The van der Waals surface area contributed by atoms with Gasteiger partial charge in [0.05, 0.1) is 13.0 Å². The fourth-order valence-electron chi connectivity index (χ4n) is 4.07. The summed E-state index contributed by atoms with van der Waals surface area (Å²) in [6, 6.07) is 7.80. The second-order valence-corrected chi connectivity index (χ2v) is 9.70. The Morgan fingerprint density at radius 3 is 2.37 bits per heavy atom. The van der Waals surface area contributed by atoms with Crippen molar-refractivity contribution in [3.05, 3.63) is 51.8 Å². The van der Waals surface area contributed by atoms with Gasteiger partial charge in [-0.1, -0.05) is 44.5 Å². The van der Waals surface area contributed by atoms with Crippen molar-refractivity contribution in [1.82, 2.24) is 9.97 Å². The van der Waals surface area contributed by atoms with Gasteiger partial charge in [0.15, 0.2) is 0 Å². The molecule has 0 amide bonds. The van der Waals surface area contributed by atoms with E-state index >= 15 is 0 Å².